The molecule has 0 atom stereocenters. The van der Waals surface area contributed by atoms with E-state index in [1.165, 1.54) is 15.7 Å². The monoisotopic (exact) mass is 312 g/mol. The summed E-state index contributed by atoms with van der Waals surface area (Å²) in [6.07, 6.45) is 0. The van der Waals surface area contributed by atoms with Crippen LogP contribution in [0.3, 0.4) is 0 Å². The number of morpholine rings is 1. The lowest BCUT2D eigenvalue weighted by Gasteiger charge is -2.29. The van der Waals surface area contributed by atoms with Gasteiger partial charge in [-0.3, -0.25) is 0 Å². The molecular weight excluding hydrogens is 292 g/mol. The highest BCUT2D eigenvalue weighted by Gasteiger charge is 2.12. The van der Waals surface area contributed by atoms with Crippen molar-refractivity contribution in [3.05, 3.63) is 28.2 Å². The summed E-state index contributed by atoms with van der Waals surface area (Å²) in [5.41, 5.74) is 2.58. The lowest BCUT2D eigenvalue weighted by molar-refractivity contribution is 0.122. The Kier molecular flexibility index (Phi) is 5.03. The molecule has 100 valence electrons. The van der Waals surface area contributed by atoms with Crippen molar-refractivity contribution >= 4 is 21.6 Å². The van der Waals surface area contributed by atoms with Crippen LogP contribution < -0.4 is 10.2 Å². The van der Waals surface area contributed by atoms with Gasteiger partial charge in [0.25, 0.3) is 0 Å². The van der Waals surface area contributed by atoms with Crippen molar-refractivity contribution < 1.29 is 4.74 Å². The van der Waals surface area contributed by atoms with E-state index in [1.54, 1.807) is 0 Å². The standard InChI is InChI=1S/C14H21BrN2O/c1-11(2)16-10-12-3-4-13(9-14(12)15)17-5-7-18-8-6-17/h3-4,9,11,16H,5-8,10H2,1-2H3. The molecular formula is C14H21BrN2O. The van der Waals surface area contributed by atoms with E-state index in [4.69, 9.17) is 4.74 Å². The van der Waals surface area contributed by atoms with Crippen molar-refractivity contribution in [2.24, 2.45) is 0 Å². The van der Waals surface area contributed by atoms with E-state index < -0.39 is 0 Å². The molecule has 0 saturated carbocycles. The molecule has 0 radical (unpaired) electrons. The molecule has 0 aliphatic carbocycles. The molecule has 1 fully saturated rings. The first-order chi connectivity index (χ1) is 8.66. The van der Waals surface area contributed by atoms with Crippen LogP contribution in [0.2, 0.25) is 0 Å². The Bertz CT molecular complexity index is 389. The first-order valence-electron chi connectivity index (χ1n) is 6.51. The quantitative estimate of drug-likeness (QED) is 0.925. The highest BCUT2D eigenvalue weighted by atomic mass is 79.9. The zero-order valence-corrected chi connectivity index (χ0v) is 12.7. The average molecular weight is 313 g/mol. The predicted octanol–water partition coefficient (Wildman–Crippen LogP) is 2.78. The Morgan fingerprint density at radius 1 is 1.33 bits per heavy atom. The molecule has 0 bridgehead atoms. The van der Waals surface area contributed by atoms with Crippen LogP contribution in [0.4, 0.5) is 5.69 Å². The minimum atomic E-state index is 0.510. The second-order valence-electron chi connectivity index (χ2n) is 4.91. The molecule has 1 aliphatic heterocycles. The molecule has 3 nitrogen and oxygen atoms in total. The van der Waals surface area contributed by atoms with Crippen molar-refractivity contribution in [1.82, 2.24) is 5.32 Å². The third kappa shape index (κ3) is 3.70. The summed E-state index contributed by atoms with van der Waals surface area (Å²) >= 11 is 3.67. The summed E-state index contributed by atoms with van der Waals surface area (Å²) in [5.74, 6) is 0. The number of nitrogens with zero attached hydrogens (tertiary/aromatic N) is 1. The lowest BCUT2D eigenvalue weighted by Crippen LogP contribution is -2.36. The summed E-state index contributed by atoms with van der Waals surface area (Å²) in [5, 5.41) is 3.44. The smallest absolute Gasteiger partial charge is 0.0642 e. The van der Waals surface area contributed by atoms with Gasteiger partial charge in [0.05, 0.1) is 13.2 Å². The van der Waals surface area contributed by atoms with Gasteiger partial charge in [0.15, 0.2) is 0 Å². The lowest BCUT2D eigenvalue weighted by atomic mass is 10.2. The predicted molar refractivity (Wildman–Crippen MR) is 79.1 cm³/mol. The second kappa shape index (κ2) is 6.55. The van der Waals surface area contributed by atoms with Crippen LogP contribution in [-0.4, -0.2) is 32.3 Å². The second-order valence-corrected chi connectivity index (χ2v) is 5.77. The van der Waals surface area contributed by atoms with Gasteiger partial charge in [-0.15, -0.1) is 0 Å². The van der Waals surface area contributed by atoms with Crippen LogP contribution in [0, 0.1) is 0 Å². The number of nitrogens with one attached hydrogen (secondary N) is 1. The maximum absolute atomic E-state index is 5.38. The molecule has 0 spiro atoms. The number of ether oxygens (including phenoxy) is 1. The van der Waals surface area contributed by atoms with Crippen LogP contribution in [0.15, 0.2) is 22.7 Å². The molecule has 18 heavy (non-hydrogen) atoms. The molecule has 0 aromatic heterocycles. The van der Waals surface area contributed by atoms with Crippen molar-refractivity contribution in [3.8, 4) is 0 Å². The maximum Gasteiger partial charge on any atom is 0.0642 e. The molecule has 2 rings (SSSR count). The third-order valence-electron chi connectivity index (χ3n) is 3.11. The first kappa shape index (κ1) is 13.8. The number of halogens is 1. The highest BCUT2D eigenvalue weighted by Crippen LogP contribution is 2.24. The molecule has 0 amide bonds. The van der Waals surface area contributed by atoms with Gasteiger partial charge in [-0.25, -0.2) is 0 Å². The van der Waals surface area contributed by atoms with Gasteiger partial charge in [-0.2, -0.15) is 0 Å². The zero-order chi connectivity index (χ0) is 13.0. The normalized spacial score (nSPS) is 16.3. The molecule has 1 N–H and O–H groups in total. The molecule has 4 heteroatoms. The molecule has 1 aromatic carbocycles. The van der Waals surface area contributed by atoms with Gasteiger partial charge in [-0.1, -0.05) is 35.8 Å². The van der Waals surface area contributed by atoms with Crippen molar-refractivity contribution in [2.75, 3.05) is 31.2 Å². The van der Waals surface area contributed by atoms with E-state index in [2.05, 4.69) is 58.2 Å². The van der Waals surface area contributed by atoms with E-state index in [0.717, 1.165) is 32.8 Å². The third-order valence-corrected chi connectivity index (χ3v) is 3.85. The summed E-state index contributed by atoms with van der Waals surface area (Å²) in [7, 11) is 0. The number of hydrogen-bond donors (Lipinski definition) is 1. The van der Waals surface area contributed by atoms with E-state index in [-0.39, 0.29) is 0 Å². The fraction of sp³-hybridized carbons (Fsp3) is 0.571. The summed E-state index contributed by atoms with van der Waals surface area (Å²) < 4.78 is 6.56. The van der Waals surface area contributed by atoms with Gasteiger partial charge in [0.1, 0.15) is 0 Å². The highest BCUT2D eigenvalue weighted by molar-refractivity contribution is 9.10. The summed E-state index contributed by atoms with van der Waals surface area (Å²) in [6.45, 7) is 8.85. The van der Waals surface area contributed by atoms with Gasteiger partial charge in [-0.05, 0) is 17.7 Å². The van der Waals surface area contributed by atoms with Gasteiger partial charge in [0, 0.05) is 35.8 Å². The van der Waals surface area contributed by atoms with Crippen LogP contribution in [-0.2, 0) is 11.3 Å². The SMILES string of the molecule is CC(C)NCc1ccc(N2CCOCC2)cc1Br. The summed E-state index contributed by atoms with van der Waals surface area (Å²) in [6, 6.07) is 7.12. The van der Waals surface area contributed by atoms with Crippen molar-refractivity contribution in [1.29, 1.82) is 0 Å². The number of benzene rings is 1. The Morgan fingerprint density at radius 2 is 2.06 bits per heavy atom. The molecule has 1 aliphatic rings. The Hall–Kier alpha value is -0.580. The fourth-order valence-electron chi connectivity index (χ4n) is 2.01. The minimum absolute atomic E-state index is 0.510. The van der Waals surface area contributed by atoms with Gasteiger partial charge >= 0.3 is 0 Å². The van der Waals surface area contributed by atoms with Crippen LogP contribution in [0.5, 0.6) is 0 Å². The first-order valence-corrected chi connectivity index (χ1v) is 7.30. The van der Waals surface area contributed by atoms with E-state index in [0.29, 0.717) is 6.04 Å². The molecule has 1 heterocycles. The largest absolute Gasteiger partial charge is 0.378 e. The Morgan fingerprint density at radius 3 is 2.67 bits per heavy atom. The Balaban J connectivity index is 2.04. The number of rotatable bonds is 4. The van der Waals surface area contributed by atoms with Crippen LogP contribution in [0.1, 0.15) is 19.4 Å². The fourth-order valence-corrected chi connectivity index (χ4v) is 2.52. The average Bonchev–Trinajstić information content (AvgIpc) is 2.38. The van der Waals surface area contributed by atoms with E-state index >= 15 is 0 Å². The van der Waals surface area contributed by atoms with Gasteiger partial charge in [0.2, 0.25) is 0 Å². The molecule has 0 unspecified atom stereocenters. The maximum atomic E-state index is 5.38. The number of anilines is 1. The minimum Gasteiger partial charge on any atom is -0.378 e. The zero-order valence-electron chi connectivity index (χ0n) is 11.1. The topological polar surface area (TPSA) is 24.5 Å². The van der Waals surface area contributed by atoms with E-state index in [1.807, 2.05) is 0 Å². The van der Waals surface area contributed by atoms with Crippen LogP contribution >= 0.6 is 15.9 Å². The van der Waals surface area contributed by atoms with E-state index in [9.17, 15) is 0 Å². The summed E-state index contributed by atoms with van der Waals surface area (Å²) in [4.78, 5) is 2.37. The van der Waals surface area contributed by atoms with Crippen molar-refractivity contribution in [3.63, 3.8) is 0 Å². The Labute approximate surface area is 118 Å². The molecule has 1 aromatic rings. The molecule has 1 saturated heterocycles. The van der Waals surface area contributed by atoms with Gasteiger partial charge < -0.3 is 15.0 Å². The van der Waals surface area contributed by atoms with Crippen LogP contribution in [0.25, 0.3) is 0 Å². The number of hydrogen-bond acceptors (Lipinski definition) is 3. The van der Waals surface area contributed by atoms with Crippen molar-refractivity contribution in [2.45, 2.75) is 26.4 Å².